The summed E-state index contributed by atoms with van der Waals surface area (Å²) in [4.78, 5) is 9.24. The SMILES string of the molecule is Cc1nc2cc(-c3nc(C4(N)CCC4)no3)ccc2n1-c1ccccc1. The van der Waals surface area contributed by atoms with Crippen molar-refractivity contribution >= 4 is 11.0 Å². The highest BCUT2D eigenvalue weighted by atomic mass is 16.5. The molecule has 26 heavy (non-hydrogen) atoms. The zero-order valence-corrected chi connectivity index (χ0v) is 14.5. The van der Waals surface area contributed by atoms with Crippen LogP contribution in [0.1, 0.15) is 30.9 Å². The van der Waals surface area contributed by atoms with Gasteiger partial charge in [-0.1, -0.05) is 23.4 Å². The molecular formula is C20H19N5O. The lowest BCUT2D eigenvalue weighted by Crippen LogP contribution is -2.44. The third-order valence-corrected chi connectivity index (χ3v) is 5.20. The molecule has 0 unspecified atom stereocenters. The summed E-state index contributed by atoms with van der Waals surface area (Å²) in [5, 5.41) is 4.10. The van der Waals surface area contributed by atoms with Crippen molar-refractivity contribution < 1.29 is 4.52 Å². The lowest BCUT2D eigenvalue weighted by atomic mass is 9.77. The van der Waals surface area contributed by atoms with Crippen molar-refractivity contribution in [1.29, 1.82) is 0 Å². The van der Waals surface area contributed by atoms with E-state index in [1.165, 1.54) is 0 Å². The number of aryl methyl sites for hydroxylation is 1. The van der Waals surface area contributed by atoms with Crippen molar-refractivity contribution in [2.45, 2.75) is 31.7 Å². The van der Waals surface area contributed by atoms with Crippen LogP contribution in [0.4, 0.5) is 0 Å². The highest BCUT2D eigenvalue weighted by Gasteiger charge is 2.39. The summed E-state index contributed by atoms with van der Waals surface area (Å²) in [6.07, 6.45) is 2.93. The third kappa shape index (κ3) is 2.26. The largest absolute Gasteiger partial charge is 0.334 e. The van der Waals surface area contributed by atoms with Gasteiger partial charge in [-0.3, -0.25) is 4.57 Å². The zero-order valence-electron chi connectivity index (χ0n) is 14.5. The second kappa shape index (κ2) is 5.51. The van der Waals surface area contributed by atoms with Gasteiger partial charge in [0.1, 0.15) is 5.82 Å². The molecule has 1 aliphatic carbocycles. The zero-order chi connectivity index (χ0) is 17.7. The molecule has 6 nitrogen and oxygen atoms in total. The Kier molecular flexibility index (Phi) is 3.24. The van der Waals surface area contributed by atoms with Crippen LogP contribution in [0.25, 0.3) is 28.2 Å². The minimum atomic E-state index is -0.419. The molecule has 0 saturated heterocycles. The van der Waals surface area contributed by atoms with E-state index in [4.69, 9.17) is 15.2 Å². The number of fused-ring (bicyclic) bond motifs is 1. The number of nitrogens with zero attached hydrogens (tertiary/aromatic N) is 4. The molecule has 0 aliphatic heterocycles. The van der Waals surface area contributed by atoms with E-state index in [1.807, 2.05) is 43.3 Å². The molecule has 6 heteroatoms. The Balaban J connectivity index is 1.57. The molecule has 0 spiro atoms. The second-order valence-electron chi connectivity index (χ2n) is 6.97. The summed E-state index contributed by atoms with van der Waals surface area (Å²) >= 11 is 0. The number of hydrogen-bond donors (Lipinski definition) is 1. The maximum absolute atomic E-state index is 6.29. The van der Waals surface area contributed by atoms with E-state index in [0.717, 1.165) is 47.4 Å². The van der Waals surface area contributed by atoms with E-state index in [1.54, 1.807) is 0 Å². The lowest BCUT2D eigenvalue weighted by Gasteiger charge is -2.34. The molecule has 2 aromatic heterocycles. The van der Waals surface area contributed by atoms with Crippen LogP contribution in [0.5, 0.6) is 0 Å². The van der Waals surface area contributed by atoms with E-state index >= 15 is 0 Å². The molecule has 2 aromatic carbocycles. The smallest absolute Gasteiger partial charge is 0.258 e. The Hall–Kier alpha value is -2.99. The maximum atomic E-state index is 6.29. The summed E-state index contributed by atoms with van der Waals surface area (Å²) in [6.45, 7) is 2.01. The van der Waals surface area contributed by atoms with Crippen LogP contribution in [0.3, 0.4) is 0 Å². The molecule has 4 aromatic rings. The van der Waals surface area contributed by atoms with Gasteiger partial charge in [0.2, 0.25) is 0 Å². The van der Waals surface area contributed by atoms with Gasteiger partial charge in [-0.15, -0.1) is 0 Å². The molecule has 1 aliphatic rings. The number of para-hydroxylation sites is 1. The van der Waals surface area contributed by atoms with Gasteiger partial charge in [-0.25, -0.2) is 4.98 Å². The fourth-order valence-corrected chi connectivity index (χ4v) is 3.56. The number of rotatable bonds is 3. The molecule has 0 radical (unpaired) electrons. The van der Waals surface area contributed by atoms with Gasteiger partial charge >= 0.3 is 0 Å². The molecule has 5 rings (SSSR count). The van der Waals surface area contributed by atoms with Crippen molar-refractivity contribution in [2.75, 3.05) is 0 Å². The normalized spacial score (nSPS) is 15.9. The molecule has 0 atom stereocenters. The van der Waals surface area contributed by atoms with Crippen LogP contribution in [0.15, 0.2) is 53.1 Å². The molecule has 130 valence electrons. The van der Waals surface area contributed by atoms with Crippen LogP contribution in [0, 0.1) is 6.92 Å². The molecule has 1 saturated carbocycles. The summed E-state index contributed by atoms with van der Waals surface area (Å²) in [6, 6.07) is 16.2. The van der Waals surface area contributed by atoms with E-state index in [-0.39, 0.29) is 0 Å². The average molecular weight is 345 g/mol. The first-order valence-electron chi connectivity index (χ1n) is 8.82. The maximum Gasteiger partial charge on any atom is 0.258 e. The number of hydrogen-bond acceptors (Lipinski definition) is 5. The van der Waals surface area contributed by atoms with Gasteiger partial charge in [-0.2, -0.15) is 4.98 Å². The standard InChI is InChI=1S/C20H19N5O/c1-13-22-16-12-14(18-23-19(24-26-18)20(21)10-5-11-20)8-9-17(16)25(13)15-6-3-2-4-7-15/h2-4,6-9,12H,5,10-11,21H2,1H3. The van der Waals surface area contributed by atoms with E-state index in [0.29, 0.717) is 11.7 Å². The third-order valence-electron chi connectivity index (χ3n) is 5.20. The fraction of sp³-hybridized carbons (Fsp3) is 0.250. The Bertz CT molecular complexity index is 1090. The van der Waals surface area contributed by atoms with Crippen LogP contribution in [0.2, 0.25) is 0 Å². The van der Waals surface area contributed by atoms with Crippen LogP contribution in [-0.4, -0.2) is 19.7 Å². The second-order valence-corrected chi connectivity index (χ2v) is 6.97. The van der Waals surface area contributed by atoms with E-state index < -0.39 is 5.54 Å². The first-order valence-corrected chi connectivity index (χ1v) is 8.82. The predicted octanol–water partition coefficient (Wildman–Crippen LogP) is 3.72. The Labute approximate surface area is 150 Å². The van der Waals surface area contributed by atoms with Gasteiger partial charge in [0.05, 0.1) is 16.6 Å². The minimum Gasteiger partial charge on any atom is -0.334 e. The lowest BCUT2D eigenvalue weighted by molar-refractivity contribution is 0.229. The molecule has 2 N–H and O–H groups in total. The molecule has 0 amide bonds. The van der Waals surface area contributed by atoms with Crippen LogP contribution < -0.4 is 5.73 Å². The molecule has 2 heterocycles. The van der Waals surface area contributed by atoms with Gasteiger partial charge in [0.25, 0.3) is 5.89 Å². The first kappa shape index (κ1) is 15.3. The van der Waals surface area contributed by atoms with Crippen molar-refractivity contribution in [1.82, 2.24) is 19.7 Å². The average Bonchev–Trinajstić information content (AvgIpc) is 3.24. The minimum absolute atomic E-state index is 0.419. The number of benzene rings is 2. The van der Waals surface area contributed by atoms with E-state index in [9.17, 15) is 0 Å². The highest BCUT2D eigenvalue weighted by molar-refractivity contribution is 5.82. The number of aromatic nitrogens is 4. The van der Waals surface area contributed by atoms with Crippen molar-refractivity contribution in [3.63, 3.8) is 0 Å². The van der Waals surface area contributed by atoms with Crippen LogP contribution in [-0.2, 0) is 5.54 Å². The molecule has 1 fully saturated rings. The van der Waals surface area contributed by atoms with Crippen molar-refractivity contribution in [3.05, 3.63) is 60.2 Å². The number of nitrogens with two attached hydrogens (primary N) is 1. The monoisotopic (exact) mass is 345 g/mol. The summed E-state index contributed by atoms with van der Waals surface area (Å²) in [5.41, 5.74) is 9.77. The predicted molar refractivity (Wildman–Crippen MR) is 98.8 cm³/mol. The van der Waals surface area contributed by atoms with Gasteiger partial charge in [0, 0.05) is 11.3 Å². The summed E-state index contributed by atoms with van der Waals surface area (Å²) < 4.78 is 7.61. The number of imidazole rings is 1. The van der Waals surface area contributed by atoms with E-state index in [2.05, 4.69) is 26.8 Å². The summed E-state index contributed by atoms with van der Waals surface area (Å²) in [5.74, 6) is 2.03. The quantitative estimate of drug-likeness (QED) is 0.612. The van der Waals surface area contributed by atoms with Crippen LogP contribution >= 0.6 is 0 Å². The topological polar surface area (TPSA) is 82.8 Å². The Morgan fingerprint density at radius 3 is 2.62 bits per heavy atom. The molecule has 0 bridgehead atoms. The van der Waals surface area contributed by atoms with Gasteiger partial charge < -0.3 is 10.3 Å². The van der Waals surface area contributed by atoms with Gasteiger partial charge in [0.15, 0.2) is 5.82 Å². The first-order chi connectivity index (χ1) is 12.6. The Morgan fingerprint density at radius 1 is 1.08 bits per heavy atom. The van der Waals surface area contributed by atoms with Gasteiger partial charge in [-0.05, 0) is 56.5 Å². The Morgan fingerprint density at radius 2 is 1.88 bits per heavy atom. The summed E-state index contributed by atoms with van der Waals surface area (Å²) in [7, 11) is 0. The highest BCUT2D eigenvalue weighted by Crippen LogP contribution is 2.37. The fourth-order valence-electron chi connectivity index (χ4n) is 3.56. The van der Waals surface area contributed by atoms with Crippen molar-refractivity contribution in [2.24, 2.45) is 5.73 Å². The molecular weight excluding hydrogens is 326 g/mol. The van der Waals surface area contributed by atoms with Crippen molar-refractivity contribution in [3.8, 4) is 17.1 Å².